The molecular weight excluding hydrogens is 234 g/mol. The zero-order valence-electron chi connectivity index (χ0n) is 10.8. The fourth-order valence-electron chi connectivity index (χ4n) is 2.05. The molecule has 2 rings (SSSR count). The van der Waals surface area contributed by atoms with E-state index < -0.39 is 0 Å². The van der Waals surface area contributed by atoms with Crippen LogP contribution in [0.3, 0.4) is 0 Å². The second kappa shape index (κ2) is 4.74. The quantitative estimate of drug-likeness (QED) is 0.888. The number of amides is 1. The van der Waals surface area contributed by atoms with Crippen molar-refractivity contribution in [1.82, 2.24) is 15.2 Å². The normalized spacial score (nSPS) is 17.6. The lowest BCUT2D eigenvalue weighted by atomic mass is 10.0. The molecule has 1 amide bonds. The molecule has 1 unspecified atom stereocenters. The first-order valence-electron chi connectivity index (χ1n) is 5.92. The largest absolute Gasteiger partial charge is 0.338 e. The van der Waals surface area contributed by atoms with Gasteiger partial charge >= 0.3 is 0 Å². The Morgan fingerprint density at radius 1 is 1.53 bits per heavy atom. The van der Waals surface area contributed by atoms with Crippen molar-refractivity contribution in [3.63, 3.8) is 0 Å². The summed E-state index contributed by atoms with van der Waals surface area (Å²) >= 11 is 1.68. The van der Waals surface area contributed by atoms with Gasteiger partial charge in [0.15, 0.2) is 0 Å². The number of carbonyl (C=O) groups excluding carboxylic acids is 1. The molecule has 0 radical (unpaired) electrons. The van der Waals surface area contributed by atoms with Crippen molar-refractivity contribution in [3.05, 3.63) is 15.6 Å². The Bertz CT molecular complexity index is 425. The number of nitrogens with one attached hydrogen (secondary N) is 1. The minimum atomic E-state index is 0.120. The van der Waals surface area contributed by atoms with Crippen LogP contribution in [-0.4, -0.2) is 35.9 Å². The number of carbonyl (C=O) groups is 1. The van der Waals surface area contributed by atoms with Gasteiger partial charge in [0.2, 0.25) is 5.91 Å². The van der Waals surface area contributed by atoms with E-state index in [-0.39, 0.29) is 17.9 Å². The highest BCUT2D eigenvalue weighted by Crippen LogP contribution is 2.29. The first-order chi connectivity index (χ1) is 8.00. The third kappa shape index (κ3) is 2.35. The molecule has 94 valence electrons. The summed E-state index contributed by atoms with van der Waals surface area (Å²) in [5.41, 5.74) is 1.05. The highest BCUT2D eigenvalue weighted by atomic mass is 32.1. The summed E-state index contributed by atoms with van der Waals surface area (Å²) in [5.74, 6) is 0.401. The maximum atomic E-state index is 12.1. The van der Waals surface area contributed by atoms with Crippen molar-refractivity contribution >= 4 is 17.2 Å². The van der Waals surface area contributed by atoms with Crippen molar-refractivity contribution in [3.8, 4) is 0 Å². The summed E-state index contributed by atoms with van der Waals surface area (Å²) in [4.78, 5) is 19.6. The van der Waals surface area contributed by atoms with Crippen LogP contribution in [0.15, 0.2) is 0 Å². The number of rotatable bonds is 3. The summed E-state index contributed by atoms with van der Waals surface area (Å²) in [5, 5.41) is 4.20. The molecule has 0 saturated carbocycles. The number of thiazole rings is 1. The molecule has 5 heteroatoms. The number of hydrogen-bond donors (Lipinski definition) is 1. The fourth-order valence-corrected chi connectivity index (χ4v) is 3.08. The summed E-state index contributed by atoms with van der Waals surface area (Å²) in [6.45, 7) is 7.72. The highest BCUT2D eigenvalue weighted by Gasteiger charge is 2.30. The van der Waals surface area contributed by atoms with Crippen LogP contribution in [0.4, 0.5) is 0 Å². The van der Waals surface area contributed by atoms with Gasteiger partial charge in [-0.05, 0) is 20.8 Å². The number of nitrogens with zero attached hydrogens (tertiary/aromatic N) is 2. The van der Waals surface area contributed by atoms with E-state index in [4.69, 9.17) is 0 Å². The molecule has 17 heavy (non-hydrogen) atoms. The summed E-state index contributed by atoms with van der Waals surface area (Å²) < 4.78 is 0. The van der Waals surface area contributed by atoms with Gasteiger partial charge in [0.1, 0.15) is 0 Å². The molecular formula is C12H19N3OS. The monoisotopic (exact) mass is 253 g/mol. The molecule has 1 atom stereocenters. The Balaban J connectivity index is 2.10. The van der Waals surface area contributed by atoms with Crippen LogP contribution in [0.1, 0.15) is 28.5 Å². The van der Waals surface area contributed by atoms with Gasteiger partial charge in [-0.1, -0.05) is 0 Å². The topological polar surface area (TPSA) is 45.2 Å². The molecule has 4 nitrogen and oxygen atoms in total. The Morgan fingerprint density at radius 2 is 2.18 bits per heavy atom. The summed E-state index contributed by atoms with van der Waals surface area (Å²) in [7, 11) is 1.89. The number of hydrogen-bond acceptors (Lipinski definition) is 4. The molecule has 1 saturated heterocycles. The maximum absolute atomic E-state index is 12.1. The second-order valence-corrected chi connectivity index (χ2v) is 5.90. The minimum absolute atomic E-state index is 0.120. The zero-order valence-corrected chi connectivity index (χ0v) is 11.6. The second-order valence-electron chi connectivity index (χ2n) is 4.66. The molecule has 0 bridgehead atoms. The van der Waals surface area contributed by atoms with E-state index in [9.17, 15) is 4.79 Å². The van der Waals surface area contributed by atoms with Gasteiger partial charge in [-0.3, -0.25) is 4.79 Å². The van der Waals surface area contributed by atoms with E-state index in [0.29, 0.717) is 0 Å². The lowest BCUT2D eigenvalue weighted by Gasteiger charge is -2.33. The fraction of sp³-hybridized carbons (Fsp3) is 0.667. The lowest BCUT2D eigenvalue weighted by Crippen LogP contribution is -2.51. The molecule has 0 aromatic carbocycles. The van der Waals surface area contributed by atoms with Crippen LogP contribution >= 0.6 is 11.3 Å². The summed E-state index contributed by atoms with van der Waals surface area (Å²) in [6.07, 6.45) is 0. The highest BCUT2D eigenvalue weighted by molar-refractivity contribution is 7.11. The standard InChI is InChI=1S/C12H19N3OS/c1-7-11(17-9(3)14-7)8(2)15(4)12(16)10-5-13-6-10/h8,10,13H,5-6H2,1-4H3. The minimum Gasteiger partial charge on any atom is -0.338 e. The van der Waals surface area contributed by atoms with Gasteiger partial charge in [0.05, 0.1) is 22.7 Å². The van der Waals surface area contributed by atoms with E-state index in [2.05, 4.69) is 17.2 Å². The van der Waals surface area contributed by atoms with E-state index >= 15 is 0 Å². The lowest BCUT2D eigenvalue weighted by molar-refractivity contribution is -0.137. The van der Waals surface area contributed by atoms with Crippen LogP contribution in [0.5, 0.6) is 0 Å². The van der Waals surface area contributed by atoms with Gasteiger partial charge in [0, 0.05) is 25.0 Å². The van der Waals surface area contributed by atoms with Gasteiger partial charge in [-0.2, -0.15) is 0 Å². The Morgan fingerprint density at radius 3 is 2.59 bits per heavy atom. The van der Waals surface area contributed by atoms with Gasteiger partial charge in [-0.25, -0.2) is 4.98 Å². The van der Waals surface area contributed by atoms with Crippen molar-refractivity contribution in [1.29, 1.82) is 0 Å². The Hall–Kier alpha value is -0.940. The molecule has 0 aliphatic carbocycles. The molecule has 1 aliphatic heterocycles. The third-order valence-electron chi connectivity index (χ3n) is 3.38. The first kappa shape index (κ1) is 12.5. The SMILES string of the molecule is Cc1nc(C)c(C(C)N(C)C(=O)C2CNC2)s1. The van der Waals surface area contributed by atoms with Crippen LogP contribution in [0, 0.1) is 19.8 Å². The average molecular weight is 253 g/mol. The predicted octanol–water partition coefficient (Wildman–Crippen LogP) is 1.50. The van der Waals surface area contributed by atoms with Crippen molar-refractivity contribution in [2.45, 2.75) is 26.8 Å². The molecule has 1 aliphatic rings. The van der Waals surface area contributed by atoms with Crippen LogP contribution in [-0.2, 0) is 4.79 Å². The van der Waals surface area contributed by atoms with E-state index in [0.717, 1.165) is 23.8 Å². The molecule has 2 heterocycles. The van der Waals surface area contributed by atoms with E-state index in [1.54, 1.807) is 11.3 Å². The summed E-state index contributed by atoms with van der Waals surface area (Å²) in [6, 6.07) is 0.120. The van der Waals surface area contributed by atoms with Crippen molar-refractivity contribution in [2.24, 2.45) is 5.92 Å². The number of aryl methyl sites for hydroxylation is 2. The Labute approximate surface area is 106 Å². The maximum Gasteiger partial charge on any atom is 0.228 e. The van der Waals surface area contributed by atoms with Crippen LogP contribution < -0.4 is 5.32 Å². The molecule has 1 fully saturated rings. The van der Waals surface area contributed by atoms with Crippen LogP contribution in [0.25, 0.3) is 0 Å². The van der Waals surface area contributed by atoms with Crippen molar-refractivity contribution in [2.75, 3.05) is 20.1 Å². The van der Waals surface area contributed by atoms with Crippen LogP contribution in [0.2, 0.25) is 0 Å². The van der Waals surface area contributed by atoms with Gasteiger partial charge < -0.3 is 10.2 Å². The average Bonchev–Trinajstić information content (AvgIpc) is 2.53. The molecule has 1 N–H and O–H groups in total. The number of aromatic nitrogens is 1. The van der Waals surface area contributed by atoms with E-state index in [1.165, 1.54) is 4.88 Å². The van der Waals surface area contributed by atoms with Crippen molar-refractivity contribution < 1.29 is 4.79 Å². The molecule has 1 aromatic heterocycles. The van der Waals surface area contributed by atoms with E-state index in [1.807, 2.05) is 25.8 Å². The molecule has 0 spiro atoms. The van der Waals surface area contributed by atoms with Gasteiger partial charge in [0.25, 0.3) is 0 Å². The predicted molar refractivity (Wildman–Crippen MR) is 69.1 cm³/mol. The zero-order chi connectivity index (χ0) is 12.6. The molecule has 1 aromatic rings. The smallest absolute Gasteiger partial charge is 0.228 e. The Kier molecular flexibility index (Phi) is 3.49. The van der Waals surface area contributed by atoms with Gasteiger partial charge in [-0.15, -0.1) is 11.3 Å². The third-order valence-corrected chi connectivity index (χ3v) is 4.62. The first-order valence-corrected chi connectivity index (χ1v) is 6.73.